The summed E-state index contributed by atoms with van der Waals surface area (Å²) in [7, 11) is 1.54. The predicted octanol–water partition coefficient (Wildman–Crippen LogP) is 2.48. The van der Waals surface area contributed by atoms with Crippen LogP contribution in [0.3, 0.4) is 0 Å². The van der Waals surface area contributed by atoms with Crippen molar-refractivity contribution in [3.05, 3.63) is 59.7 Å². The number of rotatable bonds is 3. The van der Waals surface area contributed by atoms with E-state index < -0.39 is 11.9 Å². The van der Waals surface area contributed by atoms with Crippen molar-refractivity contribution in [2.45, 2.75) is 0 Å². The highest BCUT2D eigenvalue weighted by molar-refractivity contribution is 5.90. The number of methoxy groups -OCH3 is 1. The molecule has 6 heteroatoms. The van der Waals surface area contributed by atoms with Crippen LogP contribution in [-0.4, -0.2) is 34.4 Å². The Labute approximate surface area is 120 Å². The van der Waals surface area contributed by atoms with Crippen molar-refractivity contribution in [1.29, 1.82) is 0 Å². The zero-order valence-corrected chi connectivity index (χ0v) is 11.2. The Bertz CT molecular complexity index is 618. The first-order valence-electron chi connectivity index (χ1n) is 5.84. The largest absolute Gasteiger partial charge is 0.507 e. The van der Waals surface area contributed by atoms with Crippen molar-refractivity contribution in [2.24, 2.45) is 0 Å². The average Bonchev–Trinajstić information content (AvgIpc) is 2.48. The second kappa shape index (κ2) is 7.54. The fourth-order valence-electron chi connectivity index (χ4n) is 1.39. The molecule has 0 bridgehead atoms. The second-order valence-corrected chi connectivity index (χ2v) is 3.86. The molecule has 0 aliphatic rings. The van der Waals surface area contributed by atoms with Crippen LogP contribution in [0, 0.1) is 0 Å². The van der Waals surface area contributed by atoms with E-state index >= 15 is 0 Å². The molecule has 2 aromatic rings. The van der Waals surface area contributed by atoms with Crippen molar-refractivity contribution in [3.63, 3.8) is 0 Å². The van der Waals surface area contributed by atoms with Gasteiger partial charge in [-0.1, -0.05) is 12.1 Å². The van der Waals surface area contributed by atoms with Crippen LogP contribution < -0.4 is 4.74 Å². The molecule has 0 spiro atoms. The molecule has 0 saturated carbocycles. The van der Waals surface area contributed by atoms with E-state index in [1.807, 2.05) is 0 Å². The SMILES string of the molecule is COc1ccc(C(=O)O)cc1.O=C(O)c1ccccc1O. The van der Waals surface area contributed by atoms with Gasteiger partial charge >= 0.3 is 11.9 Å². The van der Waals surface area contributed by atoms with Crippen LogP contribution in [0.2, 0.25) is 0 Å². The van der Waals surface area contributed by atoms with Crippen LogP contribution in [0.4, 0.5) is 0 Å². The molecule has 0 saturated heterocycles. The Hall–Kier alpha value is -3.02. The van der Waals surface area contributed by atoms with Gasteiger partial charge in [-0.25, -0.2) is 9.59 Å². The summed E-state index contributed by atoms with van der Waals surface area (Å²) in [5.41, 5.74) is 0.202. The zero-order chi connectivity index (χ0) is 15.8. The fraction of sp³-hybridized carbons (Fsp3) is 0.0667. The van der Waals surface area contributed by atoms with Gasteiger partial charge in [-0.15, -0.1) is 0 Å². The van der Waals surface area contributed by atoms with Gasteiger partial charge in [0.05, 0.1) is 12.7 Å². The summed E-state index contributed by atoms with van der Waals surface area (Å²) in [6, 6.07) is 12.0. The number of aromatic carboxylic acids is 2. The smallest absolute Gasteiger partial charge is 0.339 e. The number of carboxylic acid groups (broad SMARTS) is 2. The monoisotopic (exact) mass is 290 g/mol. The minimum absolute atomic E-state index is 0.0671. The third-order valence-corrected chi connectivity index (χ3v) is 2.47. The normalized spacial score (nSPS) is 9.19. The number of ether oxygens (including phenoxy) is 1. The van der Waals surface area contributed by atoms with Gasteiger partial charge in [0.2, 0.25) is 0 Å². The standard InChI is InChI=1S/C8H8O3.C7H6O3/c1-11-7-4-2-6(3-5-7)8(9)10;8-6-4-2-1-3-5(6)7(9)10/h2-5H,1H3,(H,9,10);1-4,8H,(H,9,10). The number of benzene rings is 2. The molecule has 3 N–H and O–H groups in total. The van der Waals surface area contributed by atoms with Gasteiger partial charge in [0, 0.05) is 0 Å². The number of aromatic hydroxyl groups is 1. The number of para-hydroxylation sites is 1. The minimum Gasteiger partial charge on any atom is -0.507 e. The highest BCUT2D eigenvalue weighted by Gasteiger charge is 2.05. The van der Waals surface area contributed by atoms with E-state index in [0.29, 0.717) is 5.75 Å². The van der Waals surface area contributed by atoms with E-state index in [1.54, 1.807) is 24.3 Å². The molecular formula is C15H14O6. The molecular weight excluding hydrogens is 276 g/mol. The summed E-state index contributed by atoms with van der Waals surface area (Å²) in [6.07, 6.45) is 0. The summed E-state index contributed by atoms with van der Waals surface area (Å²) in [5, 5.41) is 25.8. The summed E-state index contributed by atoms with van der Waals surface area (Å²) in [4.78, 5) is 20.6. The number of carboxylic acids is 2. The molecule has 0 radical (unpaired) electrons. The molecule has 0 fully saturated rings. The van der Waals surface area contributed by atoms with Gasteiger partial charge in [0.25, 0.3) is 0 Å². The highest BCUT2D eigenvalue weighted by atomic mass is 16.5. The topological polar surface area (TPSA) is 104 Å². The summed E-state index contributed by atoms with van der Waals surface area (Å²) < 4.78 is 4.86. The summed E-state index contributed by atoms with van der Waals surface area (Å²) in [6.45, 7) is 0. The van der Waals surface area contributed by atoms with Gasteiger partial charge in [0.1, 0.15) is 17.1 Å². The number of hydrogen-bond acceptors (Lipinski definition) is 4. The van der Waals surface area contributed by atoms with E-state index in [0.717, 1.165) is 0 Å². The maximum absolute atomic E-state index is 10.4. The molecule has 0 unspecified atom stereocenters. The van der Waals surface area contributed by atoms with E-state index in [2.05, 4.69) is 0 Å². The van der Waals surface area contributed by atoms with Gasteiger partial charge in [0.15, 0.2) is 0 Å². The Morgan fingerprint density at radius 1 is 0.905 bits per heavy atom. The van der Waals surface area contributed by atoms with Crippen molar-refractivity contribution >= 4 is 11.9 Å². The van der Waals surface area contributed by atoms with E-state index in [9.17, 15) is 9.59 Å². The van der Waals surface area contributed by atoms with Gasteiger partial charge in [-0.2, -0.15) is 0 Å². The molecule has 2 aromatic carbocycles. The van der Waals surface area contributed by atoms with Crippen molar-refractivity contribution in [2.75, 3.05) is 7.11 Å². The van der Waals surface area contributed by atoms with Crippen LogP contribution in [0.1, 0.15) is 20.7 Å². The van der Waals surface area contributed by atoms with E-state index in [1.165, 1.54) is 31.4 Å². The van der Waals surface area contributed by atoms with Crippen LogP contribution in [0.5, 0.6) is 11.5 Å². The maximum atomic E-state index is 10.4. The molecule has 6 nitrogen and oxygen atoms in total. The van der Waals surface area contributed by atoms with Crippen molar-refractivity contribution in [3.8, 4) is 11.5 Å². The lowest BCUT2D eigenvalue weighted by atomic mass is 10.2. The lowest BCUT2D eigenvalue weighted by Gasteiger charge is -1.98. The zero-order valence-electron chi connectivity index (χ0n) is 11.2. The van der Waals surface area contributed by atoms with Gasteiger partial charge < -0.3 is 20.1 Å². The first-order valence-corrected chi connectivity index (χ1v) is 5.84. The molecule has 0 aromatic heterocycles. The molecule has 0 atom stereocenters. The number of phenols is 1. The fourth-order valence-corrected chi connectivity index (χ4v) is 1.39. The molecule has 110 valence electrons. The van der Waals surface area contributed by atoms with E-state index in [-0.39, 0.29) is 16.9 Å². The van der Waals surface area contributed by atoms with Gasteiger partial charge in [-0.05, 0) is 36.4 Å². The van der Waals surface area contributed by atoms with Crippen LogP contribution in [-0.2, 0) is 0 Å². The Morgan fingerprint density at radius 2 is 1.48 bits per heavy atom. The molecule has 2 rings (SSSR count). The molecule has 0 heterocycles. The molecule has 0 aliphatic carbocycles. The first kappa shape index (κ1) is 16.0. The Balaban J connectivity index is 0.000000211. The second-order valence-electron chi connectivity index (χ2n) is 3.86. The van der Waals surface area contributed by atoms with Crippen LogP contribution in [0.15, 0.2) is 48.5 Å². The minimum atomic E-state index is -1.11. The number of hydrogen-bond donors (Lipinski definition) is 3. The van der Waals surface area contributed by atoms with Crippen LogP contribution in [0.25, 0.3) is 0 Å². The molecule has 21 heavy (non-hydrogen) atoms. The maximum Gasteiger partial charge on any atom is 0.339 e. The third kappa shape index (κ3) is 4.87. The summed E-state index contributed by atoms with van der Waals surface area (Å²) >= 11 is 0. The molecule has 0 amide bonds. The average molecular weight is 290 g/mol. The van der Waals surface area contributed by atoms with Crippen molar-refractivity contribution < 1.29 is 29.6 Å². The lowest BCUT2D eigenvalue weighted by molar-refractivity contribution is 0.0684. The van der Waals surface area contributed by atoms with Crippen molar-refractivity contribution in [1.82, 2.24) is 0 Å². The van der Waals surface area contributed by atoms with E-state index in [4.69, 9.17) is 20.1 Å². The molecule has 0 aliphatic heterocycles. The highest BCUT2D eigenvalue weighted by Crippen LogP contribution is 2.14. The number of carbonyl (C=O) groups is 2. The quantitative estimate of drug-likeness (QED) is 0.802. The van der Waals surface area contributed by atoms with Crippen LogP contribution >= 0.6 is 0 Å². The van der Waals surface area contributed by atoms with Gasteiger partial charge in [-0.3, -0.25) is 0 Å². The summed E-state index contributed by atoms with van der Waals surface area (Å²) in [5.74, 6) is -1.57. The Morgan fingerprint density at radius 3 is 1.86 bits per heavy atom. The lowest BCUT2D eigenvalue weighted by Crippen LogP contribution is -1.95. The first-order chi connectivity index (χ1) is 9.95. The Kier molecular flexibility index (Phi) is 5.76. The predicted molar refractivity (Wildman–Crippen MR) is 75.0 cm³/mol. The third-order valence-electron chi connectivity index (χ3n) is 2.47.